The molecular weight excluding hydrogens is 239 g/mol. The highest BCUT2D eigenvalue weighted by Crippen LogP contribution is 2.36. The van der Waals surface area contributed by atoms with Gasteiger partial charge in [-0.3, -0.25) is 4.98 Å². The predicted molar refractivity (Wildman–Crippen MR) is 78.5 cm³/mol. The van der Waals surface area contributed by atoms with Gasteiger partial charge in [0.15, 0.2) is 0 Å². The molecule has 5 heteroatoms. The van der Waals surface area contributed by atoms with Gasteiger partial charge in [0.2, 0.25) is 0 Å². The van der Waals surface area contributed by atoms with E-state index in [2.05, 4.69) is 18.8 Å². The number of aromatic nitrogens is 1. The number of nitrogen functional groups attached to an aromatic ring is 1. The quantitative estimate of drug-likeness (QED) is 0.829. The number of rotatable bonds is 2. The Morgan fingerprint density at radius 3 is 2.16 bits per heavy atom. The fourth-order valence-electron chi connectivity index (χ4n) is 1.99. The molecule has 2 N–H and O–H groups in total. The Balaban J connectivity index is 2.36. The van der Waals surface area contributed by atoms with E-state index in [0.717, 1.165) is 11.2 Å². The Kier molecular flexibility index (Phi) is 3.39. The molecule has 0 atom stereocenters. The zero-order valence-electron chi connectivity index (χ0n) is 12.7. The average molecular weight is 262 g/mol. The third-order valence-corrected chi connectivity index (χ3v) is 4.09. The van der Waals surface area contributed by atoms with Crippen LogP contribution in [0, 0.1) is 0 Å². The fraction of sp³-hybridized carbons (Fsp3) is 0.643. The minimum Gasteiger partial charge on any atom is -0.399 e. The maximum absolute atomic E-state index is 6.04. The second-order valence-electron chi connectivity index (χ2n) is 6.48. The monoisotopic (exact) mass is 262 g/mol. The summed E-state index contributed by atoms with van der Waals surface area (Å²) >= 11 is 0. The van der Waals surface area contributed by atoms with Gasteiger partial charge in [-0.1, -0.05) is 13.8 Å². The molecule has 0 spiro atoms. The lowest BCUT2D eigenvalue weighted by atomic mass is 9.77. The Labute approximate surface area is 115 Å². The molecule has 1 aliphatic rings. The van der Waals surface area contributed by atoms with E-state index < -0.39 is 7.12 Å². The topological polar surface area (TPSA) is 57.4 Å². The van der Waals surface area contributed by atoms with Gasteiger partial charge in [0, 0.05) is 23.0 Å². The molecule has 104 valence electrons. The van der Waals surface area contributed by atoms with Gasteiger partial charge in [-0.25, -0.2) is 0 Å². The maximum atomic E-state index is 6.04. The van der Waals surface area contributed by atoms with Crippen molar-refractivity contribution in [2.75, 3.05) is 5.73 Å². The van der Waals surface area contributed by atoms with E-state index in [1.807, 2.05) is 33.8 Å². The van der Waals surface area contributed by atoms with Crippen LogP contribution >= 0.6 is 0 Å². The summed E-state index contributed by atoms with van der Waals surface area (Å²) in [6, 6.07) is 1.99. The molecule has 2 rings (SSSR count). The van der Waals surface area contributed by atoms with Crippen molar-refractivity contribution in [2.45, 2.75) is 58.7 Å². The van der Waals surface area contributed by atoms with Gasteiger partial charge in [-0.05, 0) is 39.7 Å². The molecular formula is C14H23BN2O2. The van der Waals surface area contributed by atoms with Crippen molar-refractivity contribution in [3.63, 3.8) is 0 Å². The third-order valence-electron chi connectivity index (χ3n) is 4.09. The predicted octanol–water partition coefficient (Wildman–Crippen LogP) is 2.09. The third kappa shape index (κ3) is 2.49. The highest BCUT2D eigenvalue weighted by molar-refractivity contribution is 6.63. The molecule has 0 saturated carbocycles. The minimum absolute atomic E-state index is 0.349. The molecule has 1 saturated heterocycles. The lowest BCUT2D eigenvalue weighted by molar-refractivity contribution is 0.00578. The van der Waals surface area contributed by atoms with Gasteiger partial charge >= 0.3 is 7.12 Å². The van der Waals surface area contributed by atoms with Crippen LogP contribution in [0.4, 0.5) is 5.69 Å². The van der Waals surface area contributed by atoms with E-state index >= 15 is 0 Å². The molecule has 1 fully saturated rings. The van der Waals surface area contributed by atoms with Crippen molar-refractivity contribution < 1.29 is 9.31 Å². The fourth-order valence-corrected chi connectivity index (χ4v) is 1.99. The molecule has 0 radical (unpaired) electrons. The van der Waals surface area contributed by atoms with Gasteiger partial charge in [0.05, 0.1) is 11.2 Å². The molecule has 1 aliphatic heterocycles. The van der Waals surface area contributed by atoms with Crippen LogP contribution in [0.2, 0.25) is 0 Å². The summed E-state index contributed by atoms with van der Waals surface area (Å²) in [5.41, 5.74) is 7.80. The highest BCUT2D eigenvalue weighted by Gasteiger charge is 2.52. The van der Waals surface area contributed by atoms with E-state index in [9.17, 15) is 0 Å². The van der Waals surface area contributed by atoms with Crippen LogP contribution in [0.5, 0.6) is 0 Å². The Morgan fingerprint density at radius 2 is 1.68 bits per heavy atom. The van der Waals surface area contributed by atoms with Crippen LogP contribution in [0.15, 0.2) is 12.3 Å². The van der Waals surface area contributed by atoms with E-state index in [1.54, 1.807) is 6.20 Å². The van der Waals surface area contributed by atoms with Crippen molar-refractivity contribution >= 4 is 18.3 Å². The first-order chi connectivity index (χ1) is 8.64. The van der Waals surface area contributed by atoms with Crippen LogP contribution in [0.3, 0.4) is 0 Å². The van der Waals surface area contributed by atoms with Crippen LogP contribution in [0.1, 0.15) is 53.2 Å². The van der Waals surface area contributed by atoms with Crippen molar-refractivity contribution in [2.24, 2.45) is 0 Å². The van der Waals surface area contributed by atoms with Crippen molar-refractivity contribution in [3.8, 4) is 0 Å². The average Bonchev–Trinajstić information content (AvgIpc) is 2.48. The Hall–Kier alpha value is -1.07. The lowest BCUT2D eigenvalue weighted by Crippen LogP contribution is -2.41. The van der Waals surface area contributed by atoms with Crippen LogP contribution in [-0.4, -0.2) is 23.3 Å². The largest absolute Gasteiger partial charge is 0.497 e. The molecule has 1 aromatic rings. The summed E-state index contributed by atoms with van der Waals surface area (Å²) in [5, 5.41) is 0. The lowest BCUT2D eigenvalue weighted by Gasteiger charge is -2.32. The number of anilines is 1. The SMILES string of the molecule is CC(C)c1cc(B2OC(C)(C)C(C)(C)O2)c(N)cn1. The van der Waals surface area contributed by atoms with Crippen LogP contribution in [-0.2, 0) is 9.31 Å². The van der Waals surface area contributed by atoms with E-state index in [0.29, 0.717) is 11.6 Å². The molecule has 4 nitrogen and oxygen atoms in total. The standard InChI is InChI=1S/C14H23BN2O2/c1-9(2)12-7-10(11(16)8-17-12)15-18-13(3,4)14(5,6)19-15/h7-9H,16H2,1-6H3. The van der Waals surface area contributed by atoms with Gasteiger partial charge in [0.25, 0.3) is 0 Å². The van der Waals surface area contributed by atoms with Crippen LogP contribution in [0.25, 0.3) is 0 Å². The molecule has 1 aromatic heterocycles. The maximum Gasteiger partial charge on any atom is 0.497 e. The second-order valence-corrected chi connectivity index (χ2v) is 6.48. The molecule has 0 aliphatic carbocycles. The minimum atomic E-state index is -0.425. The highest BCUT2D eigenvalue weighted by atomic mass is 16.7. The molecule has 0 aromatic carbocycles. The molecule has 19 heavy (non-hydrogen) atoms. The number of pyridine rings is 1. The van der Waals surface area contributed by atoms with Gasteiger partial charge in [-0.15, -0.1) is 0 Å². The van der Waals surface area contributed by atoms with E-state index in [1.165, 1.54) is 0 Å². The van der Waals surface area contributed by atoms with Crippen LogP contribution < -0.4 is 11.2 Å². The zero-order valence-corrected chi connectivity index (χ0v) is 12.7. The zero-order chi connectivity index (χ0) is 14.4. The van der Waals surface area contributed by atoms with Crippen molar-refractivity contribution in [3.05, 3.63) is 18.0 Å². The first-order valence-electron chi connectivity index (χ1n) is 6.75. The number of hydrogen-bond acceptors (Lipinski definition) is 4. The number of nitrogens with two attached hydrogens (primary N) is 1. The summed E-state index contributed by atoms with van der Waals surface area (Å²) in [6.07, 6.45) is 1.69. The molecule has 2 heterocycles. The normalized spacial score (nSPS) is 21.1. The Morgan fingerprint density at radius 1 is 1.16 bits per heavy atom. The molecule has 0 unspecified atom stereocenters. The van der Waals surface area contributed by atoms with E-state index in [4.69, 9.17) is 15.0 Å². The smallest absolute Gasteiger partial charge is 0.399 e. The summed E-state index contributed by atoms with van der Waals surface area (Å²) in [6.45, 7) is 12.3. The summed E-state index contributed by atoms with van der Waals surface area (Å²) in [5.74, 6) is 0.349. The second kappa shape index (κ2) is 4.49. The van der Waals surface area contributed by atoms with Gasteiger partial charge in [-0.2, -0.15) is 0 Å². The summed E-state index contributed by atoms with van der Waals surface area (Å²) in [7, 11) is -0.425. The van der Waals surface area contributed by atoms with Gasteiger partial charge in [0.1, 0.15) is 0 Å². The summed E-state index contributed by atoms with van der Waals surface area (Å²) < 4.78 is 12.1. The van der Waals surface area contributed by atoms with Crippen molar-refractivity contribution in [1.29, 1.82) is 0 Å². The first-order valence-corrected chi connectivity index (χ1v) is 6.75. The number of nitrogens with zero attached hydrogens (tertiary/aromatic N) is 1. The van der Waals surface area contributed by atoms with E-state index in [-0.39, 0.29) is 11.2 Å². The number of hydrogen-bond donors (Lipinski definition) is 1. The Bertz CT molecular complexity index is 470. The first kappa shape index (κ1) is 14.3. The van der Waals surface area contributed by atoms with Crippen molar-refractivity contribution in [1.82, 2.24) is 4.98 Å². The molecule has 0 bridgehead atoms. The summed E-state index contributed by atoms with van der Waals surface area (Å²) in [4.78, 5) is 4.35. The van der Waals surface area contributed by atoms with Gasteiger partial charge < -0.3 is 15.0 Å². The molecule has 0 amide bonds.